The van der Waals surface area contributed by atoms with Gasteiger partial charge in [-0.05, 0) is 20.8 Å². The van der Waals surface area contributed by atoms with Crippen molar-refractivity contribution in [2.45, 2.75) is 26.4 Å². The predicted molar refractivity (Wildman–Crippen MR) is 53.5 cm³/mol. The third kappa shape index (κ3) is 6.44. The Morgan fingerprint density at radius 3 is 2.33 bits per heavy atom. The number of carboxylic acids is 1. The Hall–Kier alpha value is -1.63. The van der Waals surface area contributed by atoms with Gasteiger partial charge >= 0.3 is 12.1 Å². The topological polar surface area (TPSA) is 114 Å². The van der Waals surface area contributed by atoms with Crippen molar-refractivity contribution in [3.63, 3.8) is 0 Å². The number of carbonyl (C=O) groups excluding carboxylic acids is 1. The highest BCUT2D eigenvalue weighted by Crippen LogP contribution is 2.06. The van der Waals surface area contributed by atoms with Crippen molar-refractivity contribution in [1.82, 2.24) is 5.43 Å². The van der Waals surface area contributed by atoms with Crippen LogP contribution in [0.5, 0.6) is 0 Å². The summed E-state index contributed by atoms with van der Waals surface area (Å²) < 4.78 is 4.82. The summed E-state index contributed by atoms with van der Waals surface area (Å²) in [6.45, 7) is 4.76. The van der Waals surface area contributed by atoms with Crippen molar-refractivity contribution >= 4 is 17.8 Å². The molecule has 0 radical (unpaired) electrons. The number of hydrogen-bond acceptors (Lipinski definition) is 5. The fraction of sp³-hybridized carbons (Fsp3) is 0.625. The van der Waals surface area contributed by atoms with Gasteiger partial charge in [-0.1, -0.05) is 0 Å². The third-order valence-electron chi connectivity index (χ3n) is 1.12. The number of nitrogens with two attached hydrogens (primary N) is 1. The highest BCUT2D eigenvalue weighted by molar-refractivity contribution is 6.36. The van der Waals surface area contributed by atoms with Crippen molar-refractivity contribution in [2.75, 3.05) is 6.54 Å². The van der Waals surface area contributed by atoms with Crippen LogP contribution in [-0.4, -0.2) is 35.0 Å². The molecule has 0 spiro atoms. The molecule has 0 aliphatic heterocycles. The highest BCUT2D eigenvalue weighted by atomic mass is 16.6. The van der Waals surface area contributed by atoms with E-state index in [1.807, 2.05) is 5.43 Å². The first-order chi connectivity index (χ1) is 6.76. The lowest BCUT2D eigenvalue weighted by Gasteiger charge is -2.18. The molecular formula is C8H15N3O4. The second kappa shape index (κ2) is 5.30. The van der Waals surface area contributed by atoms with Crippen molar-refractivity contribution < 1.29 is 19.4 Å². The second-order valence-electron chi connectivity index (χ2n) is 3.68. The molecule has 0 aromatic rings. The molecule has 0 saturated heterocycles. The Labute approximate surface area is 87.3 Å². The minimum Gasteiger partial charge on any atom is -0.477 e. The number of carbonyl (C=O) groups is 2. The fourth-order valence-electron chi connectivity index (χ4n) is 0.595. The summed E-state index contributed by atoms with van der Waals surface area (Å²) in [5, 5.41) is 11.8. The maximum atomic E-state index is 11.0. The van der Waals surface area contributed by atoms with E-state index < -0.39 is 17.7 Å². The zero-order valence-electron chi connectivity index (χ0n) is 8.90. The maximum Gasteiger partial charge on any atom is 0.428 e. The molecule has 0 aromatic heterocycles. The van der Waals surface area contributed by atoms with E-state index >= 15 is 0 Å². The molecule has 0 fully saturated rings. The quantitative estimate of drug-likeness (QED) is 0.451. The highest BCUT2D eigenvalue weighted by Gasteiger charge is 2.16. The monoisotopic (exact) mass is 217 g/mol. The van der Waals surface area contributed by atoms with E-state index in [9.17, 15) is 9.59 Å². The van der Waals surface area contributed by atoms with Crippen LogP contribution >= 0.6 is 0 Å². The lowest BCUT2D eigenvalue weighted by molar-refractivity contribution is -0.129. The minimum atomic E-state index is -1.28. The molecular weight excluding hydrogens is 202 g/mol. The van der Waals surface area contributed by atoms with E-state index in [0.717, 1.165) is 0 Å². The molecule has 0 aromatic carbocycles. The van der Waals surface area contributed by atoms with Crippen LogP contribution in [0, 0.1) is 0 Å². The molecule has 0 heterocycles. The maximum absolute atomic E-state index is 11.0. The summed E-state index contributed by atoms with van der Waals surface area (Å²) in [7, 11) is 0. The van der Waals surface area contributed by atoms with Gasteiger partial charge in [-0.15, -0.1) is 0 Å². The number of nitrogens with one attached hydrogen (secondary N) is 1. The summed E-state index contributed by atoms with van der Waals surface area (Å²) >= 11 is 0. The molecule has 4 N–H and O–H groups in total. The number of rotatable bonds is 3. The molecule has 0 aliphatic carbocycles. The largest absolute Gasteiger partial charge is 0.477 e. The minimum absolute atomic E-state index is 0.273. The first-order valence-electron chi connectivity index (χ1n) is 4.25. The van der Waals surface area contributed by atoms with Crippen molar-refractivity contribution in [1.29, 1.82) is 0 Å². The molecule has 0 aliphatic rings. The standard InChI is InChI=1S/C8H15N3O4/c1-8(2,3)15-7(14)11-10-5(4-9)6(12)13/h4,9H2,1-3H3,(H,11,14)(H,12,13). The number of nitrogens with zero attached hydrogens (tertiary/aromatic N) is 1. The number of hydrazone groups is 1. The van der Waals surface area contributed by atoms with Gasteiger partial charge in [0.2, 0.25) is 0 Å². The van der Waals surface area contributed by atoms with Gasteiger partial charge in [0.25, 0.3) is 0 Å². The van der Waals surface area contributed by atoms with Crippen LogP contribution in [-0.2, 0) is 9.53 Å². The van der Waals surface area contributed by atoms with Gasteiger partial charge in [-0.25, -0.2) is 15.0 Å². The number of amides is 1. The van der Waals surface area contributed by atoms with E-state index in [4.69, 9.17) is 15.6 Å². The van der Waals surface area contributed by atoms with Crippen LogP contribution in [0.4, 0.5) is 4.79 Å². The van der Waals surface area contributed by atoms with E-state index in [1.165, 1.54) is 0 Å². The molecule has 7 heteroatoms. The number of ether oxygens (including phenoxy) is 1. The Balaban J connectivity index is 4.25. The fourth-order valence-corrected chi connectivity index (χ4v) is 0.595. The van der Waals surface area contributed by atoms with Gasteiger partial charge < -0.3 is 15.6 Å². The van der Waals surface area contributed by atoms with Gasteiger partial charge in [0.1, 0.15) is 5.60 Å². The molecule has 0 saturated carbocycles. The molecule has 15 heavy (non-hydrogen) atoms. The number of carboxylic acid groups (broad SMARTS) is 1. The van der Waals surface area contributed by atoms with Crippen LogP contribution < -0.4 is 11.2 Å². The second-order valence-corrected chi connectivity index (χ2v) is 3.68. The molecule has 0 bridgehead atoms. The van der Waals surface area contributed by atoms with Gasteiger partial charge in [-0.2, -0.15) is 5.10 Å². The van der Waals surface area contributed by atoms with Gasteiger partial charge in [0.05, 0.1) is 0 Å². The molecule has 7 nitrogen and oxygen atoms in total. The summed E-state index contributed by atoms with van der Waals surface area (Å²) in [6.07, 6.45) is -0.824. The first-order valence-corrected chi connectivity index (χ1v) is 4.25. The van der Waals surface area contributed by atoms with E-state index in [1.54, 1.807) is 20.8 Å². The molecule has 86 valence electrons. The number of hydrogen-bond donors (Lipinski definition) is 3. The Morgan fingerprint density at radius 2 is 2.00 bits per heavy atom. The van der Waals surface area contributed by atoms with E-state index in [-0.39, 0.29) is 12.3 Å². The SMILES string of the molecule is CC(C)(C)OC(=O)NN=C(CN)C(=O)O. The zero-order chi connectivity index (χ0) is 12.1. The van der Waals surface area contributed by atoms with Gasteiger partial charge in [-0.3, -0.25) is 0 Å². The van der Waals surface area contributed by atoms with E-state index in [0.29, 0.717) is 0 Å². The number of aliphatic carboxylic acids is 1. The van der Waals surface area contributed by atoms with Crippen LogP contribution in [0.1, 0.15) is 20.8 Å². The van der Waals surface area contributed by atoms with Gasteiger partial charge in [0.15, 0.2) is 5.71 Å². The molecule has 0 rings (SSSR count). The third-order valence-corrected chi connectivity index (χ3v) is 1.12. The van der Waals surface area contributed by atoms with E-state index in [2.05, 4.69) is 5.10 Å². The average Bonchev–Trinajstić information content (AvgIpc) is 2.01. The summed E-state index contributed by atoms with van der Waals surface area (Å²) in [4.78, 5) is 21.5. The molecule has 1 amide bonds. The Bertz CT molecular complexity index is 280. The van der Waals surface area contributed by atoms with Gasteiger partial charge in [0, 0.05) is 6.54 Å². The van der Waals surface area contributed by atoms with Crippen molar-refractivity contribution in [3.8, 4) is 0 Å². The lowest BCUT2D eigenvalue weighted by Crippen LogP contribution is -2.32. The molecule has 0 unspecified atom stereocenters. The van der Waals surface area contributed by atoms with Crippen LogP contribution in [0.2, 0.25) is 0 Å². The lowest BCUT2D eigenvalue weighted by atomic mass is 10.2. The normalized spacial score (nSPS) is 12.1. The smallest absolute Gasteiger partial charge is 0.428 e. The van der Waals surface area contributed by atoms with Crippen molar-refractivity contribution in [3.05, 3.63) is 0 Å². The van der Waals surface area contributed by atoms with Crippen LogP contribution in [0.25, 0.3) is 0 Å². The Morgan fingerprint density at radius 1 is 1.47 bits per heavy atom. The summed E-state index contributed by atoms with van der Waals surface area (Å²) in [5.41, 5.74) is 6.01. The van der Waals surface area contributed by atoms with Crippen molar-refractivity contribution in [2.24, 2.45) is 10.8 Å². The van der Waals surface area contributed by atoms with Crippen LogP contribution in [0.15, 0.2) is 5.10 Å². The Kier molecular flexibility index (Phi) is 4.72. The predicted octanol–water partition coefficient (Wildman–Crippen LogP) is -0.0896. The van der Waals surface area contributed by atoms with Crippen LogP contribution in [0.3, 0.4) is 0 Å². The molecule has 0 atom stereocenters. The summed E-state index contributed by atoms with van der Waals surface area (Å²) in [5.74, 6) is -1.28. The average molecular weight is 217 g/mol. The zero-order valence-corrected chi connectivity index (χ0v) is 8.90. The summed E-state index contributed by atoms with van der Waals surface area (Å²) in [6, 6.07) is 0. The first kappa shape index (κ1) is 13.4.